The molecule has 1 fully saturated rings. The third kappa shape index (κ3) is 4.24. The van der Waals surface area contributed by atoms with Crippen LogP contribution in [0.2, 0.25) is 0 Å². The summed E-state index contributed by atoms with van der Waals surface area (Å²) in [4.78, 5) is 33.4. The Bertz CT molecular complexity index is 1030. The summed E-state index contributed by atoms with van der Waals surface area (Å²) in [6.07, 6.45) is 4.84. The van der Waals surface area contributed by atoms with Gasteiger partial charge in [0, 0.05) is 37.8 Å². The molecule has 4 rings (SSSR count). The molecule has 11 nitrogen and oxygen atoms in total. The fourth-order valence-corrected chi connectivity index (χ4v) is 4.01. The SMILES string of the molecule is CCOC(=O)CN1CCN(c2ncnc3c2ncn3C/C(=N/O)c2nccs2)CC1. The normalized spacial score (nSPS) is 15.6. The minimum atomic E-state index is -0.198. The van der Waals surface area contributed by atoms with E-state index in [1.165, 1.54) is 17.7 Å². The number of aromatic nitrogens is 5. The van der Waals surface area contributed by atoms with Crippen LogP contribution in [0, 0.1) is 0 Å². The highest BCUT2D eigenvalue weighted by molar-refractivity contribution is 7.11. The van der Waals surface area contributed by atoms with E-state index in [4.69, 9.17) is 4.74 Å². The van der Waals surface area contributed by atoms with E-state index in [9.17, 15) is 10.0 Å². The van der Waals surface area contributed by atoms with Gasteiger partial charge in [0.2, 0.25) is 0 Å². The van der Waals surface area contributed by atoms with Gasteiger partial charge in [-0.3, -0.25) is 9.69 Å². The molecule has 0 amide bonds. The molecule has 0 saturated carbocycles. The molecule has 0 bridgehead atoms. The molecule has 0 aliphatic carbocycles. The van der Waals surface area contributed by atoms with E-state index in [0.717, 1.165) is 32.0 Å². The molecule has 1 N–H and O–H groups in total. The summed E-state index contributed by atoms with van der Waals surface area (Å²) in [5, 5.41) is 15.3. The van der Waals surface area contributed by atoms with E-state index in [1.54, 1.807) is 12.5 Å². The number of nitrogens with zero attached hydrogens (tertiary/aromatic N) is 8. The summed E-state index contributed by atoms with van der Waals surface area (Å²) < 4.78 is 6.84. The van der Waals surface area contributed by atoms with Crippen molar-refractivity contribution in [3.05, 3.63) is 29.2 Å². The van der Waals surface area contributed by atoms with Crippen molar-refractivity contribution in [1.82, 2.24) is 29.4 Å². The van der Waals surface area contributed by atoms with E-state index in [0.29, 0.717) is 41.6 Å². The predicted molar refractivity (Wildman–Crippen MR) is 111 cm³/mol. The third-order valence-electron chi connectivity index (χ3n) is 4.83. The van der Waals surface area contributed by atoms with Crippen LogP contribution in [0.1, 0.15) is 11.9 Å². The lowest BCUT2D eigenvalue weighted by atomic mass is 10.3. The summed E-state index contributed by atoms with van der Waals surface area (Å²) >= 11 is 1.40. The Morgan fingerprint density at radius 3 is 2.73 bits per heavy atom. The Hall–Kier alpha value is -3.12. The monoisotopic (exact) mass is 430 g/mol. The van der Waals surface area contributed by atoms with Crippen molar-refractivity contribution in [3.8, 4) is 0 Å². The molecule has 1 aliphatic heterocycles. The van der Waals surface area contributed by atoms with Gasteiger partial charge in [-0.05, 0) is 6.92 Å². The van der Waals surface area contributed by atoms with Crippen LogP contribution < -0.4 is 4.90 Å². The van der Waals surface area contributed by atoms with E-state index in [2.05, 4.69) is 34.9 Å². The maximum absolute atomic E-state index is 11.7. The van der Waals surface area contributed by atoms with Gasteiger partial charge < -0.3 is 19.4 Å². The average Bonchev–Trinajstić information content (AvgIpc) is 3.43. The van der Waals surface area contributed by atoms with E-state index in [-0.39, 0.29) is 5.97 Å². The van der Waals surface area contributed by atoms with Crippen molar-refractivity contribution in [2.45, 2.75) is 13.5 Å². The number of thiazole rings is 1. The number of piperazine rings is 1. The number of anilines is 1. The largest absolute Gasteiger partial charge is 0.465 e. The Balaban J connectivity index is 1.48. The number of imidazole rings is 1. The number of hydrogen-bond donors (Lipinski definition) is 1. The summed E-state index contributed by atoms with van der Waals surface area (Å²) in [5.41, 5.74) is 1.79. The maximum Gasteiger partial charge on any atom is 0.320 e. The number of carbonyl (C=O) groups excluding carboxylic acids is 1. The van der Waals surface area contributed by atoms with Crippen LogP contribution >= 0.6 is 11.3 Å². The maximum atomic E-state index is 11.7. The van der Waals surface area contributed by atoms with Gasteiger partial charge >= 0.3 is 5.97 Å². The summed E-state index contributed by atoms with van der Waals surface area (Å²) in [6, 6.07) is 0. The molecule has 4 heterocycles. The fourth-order valence-electron chi connectivity index (χ4n) is 3.39. The van der Waals surface area contributed by atoms with Gasteiger partial charge in [-0.15, -0.1) is 11.3 Å². The number of hydrogen-bond acceptors (Lipinski definition) is 11. The molecule has 1 aliphatic rings. The zero-order chi connectivity index (χ0) is 20.9. The Kier molecular flexibility index (Phi) is 6.14. The zero-order valence-electron chi connectivity index (χ0n) is 16.5. The number of rotatable bonds is 7. The van der Waals surface area contributed by atoms with Crippen LogP contribution in [0.25, 0.3) is 11.2 Å². The smallest absolute Gasteiger partial charge is 0.320 e. The molecule has 1 saturated heterocycles. The molecule has 158 valence electrons. The molecule has 3 aromatic rings. The molecule has 3 aromatic heterocycles. The lowest BCUT2D eigenvalue weighted by molar-refractivity contribution is -0.144. The minimum Gasteiger partial charge on any atom is -0.465 e. The molecule has 12 heteroatoms. The summed E-state index contributed by atoms with van der Waals surface area (Å²) in [6.45, 7) is 5.71. The van der Waals surface area contributed by atoms with Gasteiger partial charge in [0.25, 0.3) is 0 Å². The number of oxime groups is 1. The van der Waals surface area contributed by atoms with Crippen LogP contribution in [-0.4, -0.2) is 85.6 Å². The van der Waals surface area contributed by atoms with Gasteiger partial charge in [0.05, 0.1) is 26.0 Å². The molecule has 0 aromatic carbocycles. The van der Waals surface area contributed by atoms with Crippen molar-refractivity contribution in [3.63, 3.8) is 0 Å². The Labute approximate surface area is 176 Å². The second kappa shape index (κ2) is 9.13. The first kappa shape index (κ1) is 20.2. The molecule has 0 unspecified atom stereocenters. The molecule has 0 atom stereocenters. The second-order valence-electron chi connectivity index (χ2n) is 6.69. The average molecular weight is 430 g/mol. The van der Waals surface area contributed by atoms with Crippen LogP contribution in [0.5, 0.6) is 0 Å². The third-order valence-corrected chi connectivity index (χ3v) is 5.65. The zero-order valence-corrected chi connectivity index (χ0v) is 17.3. The topological polar surface area (TPSA) is 122 Å². The quantitative estimate of drug-likeness (QED) is 0.251. The lowest BCUT2D eigenvalue weighted by Crippen LogP contribution is -2.48. The van der Waals surface area contributed by atoms with Crippen molar-refractivity contribution in [2.24, 2.45) is 5.16 Å². The fraction of sp³-hybridized carbons (Fsp3) is 0.444. The van der Waals surface area contributed by atoms with Crippen molar-refractivity contribution in [2.75, 3.05) is 44.2 Å². The van der Waals surface area contributed by atoms with Crippen molar-refractivity contribution >= 4 is 40.0 Å². The molecule has 0 radical (unpaired) electrons. The van der Waals surface area contributed by atoms with Gasteiger partial charge in [0.15, 0.2) is 17.0 Å². The predicted octanol–water partition coefficient (Wildman–Crippen LogP) is 0.846. The van der Waals surface area contributed by atoms with E-state index < -0.39 is 0 Å². The highest BCUT2D eigenvalue weighted by atomic mass is 32.1. The van der Waals surface area contributed by atoms with E-state index >= 15 is 0 Å². The van der Waals surface area contributed by atoms with Crippen LogP contribution in [0.4, 0.5) is 5.82 Å². The second-order valence-corrected chi connectivity index (χ2v) is 7.59. The van der Waals surface area contributed by atoms with Gasteiger partial charge in [-0.1, -0.05) is 5.16 Å². The molecular formula is C18H22N8O3S. The highest BCUT2D eigenvalue weighted by Crippen LogP contribution is 2.23. The standard InChI is InChI=1S/C18H22N8O3S/c1-2-29-14(27)10-24-4-6-25(7-5-24)16-15-17(21-11-20-16)26(12-22-15)9-13(23-28)18-19-3-8-30-18/h3,8,11-12,28H,2,4-7,9-10H2,1H3/b23-13-. The van der Waals surface area contributed by atoms with Gasteiger partial charge in [-0.2, -0.15) is 0 Å². The number of ether oxygens (including phenoxy) is 1. The van der Waals surface area contributed by atoms with Crippen LogP contribution in [0.3, 0.4) is 0 Å². The first-order valence-electron chi connectivity index (χ1n) is 9.59. The molecule has 30 heavy (non-hydrogen) atoms. The summed E-state index contributed by atoms with van der Waals surface area (Å²) in [5.74, 6) is 0.557. The lowest BCUT2D eigenvalue weighted by Gasteiger charge is -2.34. The van der Waals surface area contributed by atoms with Crippen molar-refractivity contribution in [1.29, 1.82) is 0 Å². The highest BCUT2D eigenvalue weighted by Gasteiger charge is 2.23. The molecular weight excluding hydrogens is 408 g/mol. The Morgan fingerprint density at radius 1 is 1.20 bits per heavy atom. The summed E-state index contributed by atoms with van der Waals surface area (Å²) in [7, 11) is 0. The van der Waals surface area contributed by atoms with Gasteiger partial charge in [-0.25, -0.2) is 19.9 Å². The minimum absolute atomic E-state index is 0.198. The number of esters is 1. The number of fused-ring (bicyclic) bond motifs is 1. The Morgan fingerprint density at radius 2 is 2.03 bits per heavy atom. The van der Waals surface area contributed by atoms with Crippen molar-refractivity contribution < 1.29 is 14.7 Å². The van der Waals surface area contributed by atoms with E-state index in [1.807, 2.05) is 16.9 Å². The molecule has 0 spiro atoms. The first-order valence-corrected chi connectivity index (χ1v) is 10.5. The first-order chi connectivity index (χ1) is 14.7. The van der Waals surface area contributed by atoms with Gasteiger partial charge in [0.1, 0.15) is 17.0 Å². The van der Waals surface area contributed by atoms with Crippen LogP contribution in [0.15, 0.2) is 29.4 Å². The number of carbonyl (C=O) groups is 1. The van der Waals surface area contributed by atoms with Crippen LogP contribution in [-0.2, 0) is 16.1 Å².